The first kappa shape index (κ1) is 15.0. The molecule has 0 aromatic heterocycles. The van der Waals surface area contributed by atoms with Crippen LogP contribution in [0.3, 0.4) is 0 Å². The number of nitrogens with one attached hydrogen (secondary N) is 1. The van der Waals surface area contributed by atoms with Gasteiger partial charge in [-0.3, -0.25) is 4.79 Å². The molecule has 0 saturated heterocycles. The number of carbonyl (C=O) groups is 1. The summed E-state index contributed by atoms with van der Waals surface area (Å²) in [7, 11) is 0. The van der Waals surface area contributed by atoms with Crippen molar-refractivity contribution in [3.63, 3.8) is 0 Å². The molecule has 1 amide bonds. The predicted molar refractivity (Wildman–Crippen MR) is 83.6 cm³/mol. The lowest BCUT2D eigenvalue weighted by Crippen LogP contribution is -2.36. The number of nitrogens with two attached hydrogens (primary N) is 1. The fraction of sp³-hybridized carbons (Fsp3) is 0.588. The first-order valence-electron chi connectivity index (χ1n) is 7.76. The Morgan fingerprint density at radius 1 is 1.20 bits per heavy atom. The van der Waals surface area contributed by atoms with Gasteiger partial charge in [0.1, 0.15) is 0 Å². The van der Waals surface area contributed by atoms with Gasteiger partial charge in [0.15, 0.2) is 0 Å². The average Bonchev–Trinajstić information content (AvgIpc) is 2.49. The topological polar surface area (TPSA) is 55.1 Å². The van der Waals surface area contributed by atoms with Crippen LogP contribution in [0.15, 0.2) is 24.3 Å². The second kappa shape index (κ2) is 6.89. The second-order valence-electron chi connectivity index (χ2n) is 6.04. The maximum absolute atomic E-state index is 12.2. The number of benzene rings is 1. The van der Waals surface area contributed by atoms with Crippen molar-refractivity contribution in [1.82, 2.24) is 0 Å². The van der Waals surface area contributed by atoms with Crippen LogP contribution < -0.4 is 11.1 Å². The van der Waals surface area contributed by atoms with Gasteiger partial charge in [0.2, 0.25) is 5.91 Å². The van der Waals surface area contributed by atoms with E-state index in [1.807, 2.05) is 12.1 Å². The van der Waals surface area contributed by atoms with E-state index >= 15 is 0 Å². The van der Waals surface area contributed by atoms with Crippen molar-refractivity contribution in [3.05, 3.63) is 29.8 Å². The molecule has 110 valence electrons. The Labute approximate surface area is 121 Å². The fourth-order valence-electron chi connectivity index (χ4n) is 3.12. The maximum atomic E-state index is 12.2. The van der Waals surface area contributed by atoms with Crippen LogP contribution in [0.5, 0.6) is 0 Å². The molecule has 0 heterocycles. The summed E-state index contributed by atoms with van der Waals surface area (Å²) < 4.78 is 0. The zero-order chi connectivity index (χ0) is 14.4. The quantitative estimate of drug-likeness (QED) is 0.863. The van der Waals surface area contributed by atoms with Crippen molar-refractivity contribution in [2.75, 3.05) is 11.9 Å². The summed E-state index contributed by atoms with van der Waals surface area (Å²) in [6.45, 7) is 2.75. The third-order valence-corrected chi connectivity index (χ3v) is 4.53. The van der Waals surface area contributed by atoms with Crippen LogP contribution in [0.4, 0.5) is 5.69 Å². The lowest BCUT2D eigenvalue weighted by Gasteiger charge is -2.35. The van der Waals surface area contributed by atoms with Crippen LogP contribution in [0.1, 0.15) is 51.0 Å². The molecule has 20 heavy (non-hydrogen) atoms. The zero-order valence-electron chi connectivity index (χ0n) is 12.5. The Bertz CT molecular complexity index is 433. The van der Waals surface area contributed by atoms with Gasteiger partial charge >= 0.3 is 0 Å². The molecule has 1 saturated carbocycles. The summed E-state index contributed by atoms with van der Waals surface area (Å²) in [6.07, 6.45) is 7.44. The van der Waals surface area contributed by atoms with E-state index in [9.17, 15) is 4.79 Å². The van der Waals surface area contributed by atoms with E-state index in [2.05, 4.69) is 24.4 Å². The van der Waals surface area contributed by atoms with E-state index in [-0.39, 0.29) is 11.3 Å². The Morgan fingerprint density at radius 3 is 2.40 bits per heavy atom. The molecule has 3 heteroatoms. The Balaban J connectivity index is 1.93. The van der Waals surface area contributed by atoms with Gasteiger partial charge < -0.3 is 11.1 Å². The van der Waals surface area contributed by atoms with Gasteiger partial charge in [-0.2, -0.15) is 0 Å². The van der Waals surface area contributed by atoms with Crippen molar-refractivity contribution >= 4 is 11.6 Å². The monoisotopic (exact) mass is 274 g/mol. The molecule has 3 N–H and O–H groups in total. The number of hydrogen-bond donors (Lipinski definition) is 2. The Morgan fingerprint density at radius 2 is 1.85 bits per heavy atom. The van der Waals surface area contributed by atoms with E-state index in [0.717, 1.165) is 24.9 Å². The third-order valence-electron chi connectivity index (χ3n) is 4.53. The van der Waals surface area contributed by atoms with Gasteiger partial charge in [-0.15, -0.1) is 0 Å². The van der Waals surface area contributed by atoms with Gasteiger partial charge in [-0.05, 0) is 48.9 Å². The molecule has 1 aromatic carbocycles. The number of hydrogen-bond acceptors (Lipinski definition) is 2. The molecular formula is C17H26N2O. The van der Waals surface area contributed by atoms with Crippen LogP contribution in [0.2, 0.25) is 0 Å². The standard InChI is InChI=1S/C17H26N2O/c1-2-14-6-8-15(9-7-14)19-16(20)12-17(13-18)10-4-3-5-11-17/h6-9H,2-5,10-13,18H2,1H3,(H,19,20). The SMILES string of the molecule is CCc1ccc(NC(=O)CC2(CN)CCCCC2)cc1. The molecule has 0 bridgehead atoms. The summed E-state index contributed by atoms with van der Waals surface area (Å²) in [5.41, 5.74) is 8.14. The number of amides is 1. The van der Waals surface area contributed by atoms with E-state index < -0.39 is 0 Å². The molecule has 0 aliphatic heterocycles. The van der Waals surface area contributed by atoms with E-state index in [0.29, 0.717) is 13.0 Å². The number of anilines is 1. The molecule has 0 spiro atoms. The zero-order valence-corrected chi connectivity index (χ0v) is 12.5. The van der Waals surface area contributed by atoms with Gasteiger partial charge in [0.25, 0.3) is 0 Å². The van der Waals surface area contributed by atoms with Crippen molar-refractivity contribution in [3.8, 4) is 0 Å². The van der Waals surface area contributed by atoms with Crippen molar-refractivity contribution < 1.29 is 4.79 Å². The van der Waals surface area contributed by atoms with Crippen molar-refractivity contribution in [1.29, 1.82) is 0 Å². The molecule has 0 atom stereocenters. The number of rotatable bonds is 5. The minimum Gasteiger partial charge on any atom is -0.330 e. The molecule has 3 nitrogen and oxygen atoms in total. The van der Waals surface area contributed by atoms with Crippen LogP contribution in [0, 0.1) is 5.41 Å². The summed E-state index contributed by atoms with van der Waals surface area (Å²) in [6, 6.07) is 8.09. The average molecular weight is 274 g/mol. The molecule has 1 aliphatic rings. The summed E-state index contributed by atoms with van der Waals surface area (Å²) in [5.74, 6) is 0.0987. The molecule has 0 radical (unpaired) electrons. The number of aryl methyl sites for hydroxylation is 1. The highest BCUT2D eigenvalue weighted by Crippen LogP contribution is 2.38. The minimum absolute atomic E-state index is 0.0334. The van der Waals surface area contributed by atoms with Crippen LogP contribution in [-0.4, -0.2) is 12.5 Å². The molecule has 1 fully saturated rings. The van der Waals surface area contributed by atoms with Crippen LogP contribution in [-0.2, 0) is 11.2 Å². The van der Waals surface area contributed by atoms with Crippen LogP contribution >= 0.6 is 0 Å². The predicted octanol–water partition coefficient (Wildman–Crippen LogP) is 3.49. The fourth-order valence-corrected chi connectivity index (χ4v) is 3.12. The van der Waals surface area contributed by atoms with Crippen molar-refractivity contribution in [2.45, 2.75) is 51.9 Å². The summed E-state index contributed by atoms with van der Waals surface area (Å²) >= 11 is 0. The minimum atomic E-state index is 0.0334. The highest BCUT2D eigenvalue weighted by Gasteiger charge is 2.32. The van der Waals surface area contributed by atoms with Crippen molar-refractivity contribution in [2.24, 2.45) is 11.1 Å². The van der Waals surface area contributed by atoms with Gasteiger partial charge in [0, 0.05) is 12.1 Å². The summed E-state index contributed by atoms with van der Waals surface area (Å²) in [5, 5.41) is 3.01. The van der Waals surface area contributed by atoms with Gasteiger partial charge in [-0.1, -0.05) is 38.3 Å². The second-order valence-corrected chi connectivity index (χ2v) is 6.04. The number of carbonyl (C=O) groups excluding carboxylic acids is 1. The third kappa shape index (κ3) is 3.83. The van der Waals surface area contributed by atoms with Gasteiger partial charge in [-0.25, -0.2) is 0 Å². The highest BCUT2D eigenvalue weighted by atomic mass is 16.1. The Hall–Kier alpha value is -1.35. The van der Waals surface area contributed by atoms with E-state index in [1.54, 1.807) is 0 Å². The molecular weight excluding hydrogens is 248 g/mol. The van der Waals surface area contributed by atoms with Gasteiger partial charge in [0.05, 0.1) is 0 Å². The smallest absolute Gasteiger partial charge is 0.224 e. The molecule has 1 aliphatic carbocycles. The molecule has 0 unspecified atom stereocenters. The van der Waals surface area contributed by atoms with E-state index in [4.69, 9.17) is 5.73 Å². The molecule has 1 aromatic rings. The first-order valence-corrected chi connectivity index (χ1v) is 7.76. The lowest BCUT2D eigenvalue weighted by atomic mass is 9.71. The van der Waals surface area contributed by atoms with E-state index in [1.165, 1.54) is 24.8 Å². The normalized spacial score (nSPS) is 17.7. The summed E-state index contributed by atoms with van der Waals surface area (Å²) in [4.78, 5) is 12.2. The maximum Gasteiger partial charge on any atom is 0.224 e. The highest BCUT2D eigenvalue weighted by molar-refractivity contribution is 5.91. The first-order chi connectivity index (χ1) is 9.67. The largest absolute Gasteiger partial charge is 0.330 e. The molecule has 2 rings (SSSR count). The lowest BCUT2D eigenvalue weighted by molar-refractivity contribution is -0.118. The Kier molecular flexibility index (Phi) is 5.18. The van der Waals surface area contributed by atoms with Crippen LogP contribution in [0.25, 0.3) is 0 Å².